The van der Waals surface area contributed by atoms with E-state index in [4.69, 9.17) is 5.73 Å². The van der Waals surface area contributed by atoms with E-state index in [0.717, 1.165) is 4.68 Å². The number of nitrogens with two attached hydrogens (primary N) is 1. The van der Waals surface area contributed by atoms with Crippen LogP contribution in [0.4, 0.5) is 5.69 Å². The minimum Gasteiger partial charge on any atom is -0.364 e. The van der Waals surface area contributed by atoms with Crippen LogP contribution in [0.5, 0.6) is 0 Å². The third-order valence-electron chi connectivity index (χ3n) is 2.07. The molecule has 1 amide bonds. The first kappa shape index (κ1) is 12.2. The van der Waals surface area contributed by atoms with Gasteiger partial charge in [0.15, 0.2) is 0 Å². The number of amides is 1. The van der Waals surface area contributed by atoms with Gasteiger partial charge in [-0.05, 0) is 22.0 Å². The van der Waals surface area contributed by atoms with Crippen molar-refractivity contribution in [2.24, 2.45) is 5.73 Å². The van der Waals surface area contributed by atoms with Gasteiger partial charge in [0.1, 0.15) is 5.69 Å². The molecule has 0 fully saturated rings. The summed E-state index contributed by atoms with van der Waals surface area (Å²) < 4.78 is 1.60. The molecule has 2 aromatic heterocycles. The summed E-state index contributed by atoms with van der Waals surface area (Å²) in [5, 5.41) is 14.7. The number of nitrogens with zero attached hydrogens (tertiary/aromatic N) is 4. The SMILES string of the molecule is NC(=O)c1ccn(-c2ncc(Br)cc2[N+](=O)[O-])n1. The van der Waals surface area contributed by atoms with E-state index in [1.807, 2.05) is 0 Å². The highest BCUT2D eigenvalue weighted by atomic mass is 79.9. The van der Waals surface area contributed by atoms with Gasteiger partial charge in [0, 0.05) is 22.9 Å². The number of hydrogen-bond donors (Lipinski definition) is 1. The summed E-state index contributed by atoms with van der Waals surface area (Å²) in [5.74, 6) is -0.704. The van der Waals surface area contributed by atoms with Crippen LogP contribution in [0.25, 0.3) is 5.82 Å². The Bertz CT molecular complexity index is 639. The monoisotopic (exact) mass is 311 g/mol. The summed E-state index contributed by atoms with van der Waals surface area (Å²) in [6, 6.07) is 2.66. The molecular formula is C9H6BrN5O3. The van der Waals surface area contributed by atoms with Crippen molar-refractivity contribution in [3.63, 3.8) is 0 Å². The highest BCUT2D eigenvalue weighted by Gasteiger charge is 2.19. The van der Waals surface area contributed by atoms with Gasteiger partial charge in [0.05, 0.1) is 4.92 Å². The van der Waals surface area contributed by atoms with Gasteiger partial charge < -0.3 is 5.73 Å². The van der Waals surface area contributed by atoms with Crippen molar-refractivity contribution in [2.45, 2.75) is 0 Å². The second kappa shape index (κ2) is 4.53. The van der Waals surface area contributed by atoms with E-state index in [0.29, 0.717) is 4.47 Å². The third kappa shape index (κ3) is 2.20. The Kier molecular flexibility index (Phi) is 3.06. The van der Waals surface area contributed by atoms with Gasteiger partial charge in [-0.2, -0.15) is 5.10 Å². The van der Waals surface area contributed by atoms with E-state index in [1.165, 1.54) is 24.5 Å². The lowest BCUT2D eigenvalue weighted by Crippen LogP contribution is -2.12. The van der Waals surface area contributed by atoms with Gasteiger partial charge in [0.25, 0.3) is 5.91 Å². The van der Waals surface area contributed by atoms with Crippen molar-refractivity contribution in [1.82, 2.24) is 14.8 Å². The van der Waals surface area contributed by atoms with Crippen LogP contribution in [-0.2, 0) is 0 Å². The molecule has 0 bridgehead atoms. The lowest BCUT2D eigenvalue weighted by atomic mass is 10.4. The molecule has 2 N–H and O–H groups in total. The second-order valence-corrected chi connectivity index (χ2v) is 4.18. The largest absolute Gasteiger partial charge is 0.364 e. The van der Waals surface area contributed by atoms with Crippen LogP contribution >= 0.6 is 15.9 Å². The fraction of sp³-hybridized carbons (Fsp3) is 0. The average Bonchev–Trinajstić information content (AvgIpc) is 2.78. The smallest absolute Gasteiger partial charge is 0.314 e. The van der Waals surface area contributed by atoms with Gasteiger partial charge in [-0.3, -0.25) is 14.9 Å². The first-order chi connectivity index (χ1) is 8.49. The third-order valence-corrected chi connectivity index (χ3v) is 2.50. The number of halogens is 1. The number of carbonyl (C=O) groups excluding carboxylic acids is 1. The molecule has 0 saturated carbocycles. The molecule has 0 aromatic carbocycles. The number of nitro groups is 1. The quantitative estimate of drug-likeness (QED) is 0.671. The van der Waals surface area contributed by atoms with Crippen LogP contribution in [0.2, 0.25) is 0 Å². The first-order valence-electron chi connectivity index (χ1n) is 4.65. The van der Waals surface area contributed by atoms with E-state index < -0.39 is 10.8 Å². The molecule has 0 unspecified atom stereocenters. The molecule has 2 aromatic rings. The van der Waals surface area contributed by atoms with Gasteiger partial charge >= 0.3 is 5.69 Å². The Morgan fingerprint density at radius 1 is 1.56 bits per heavy atom. The van der Waals surface area contributed by atoms with Crippen molar-refractivity contribution >= 4 is 27.5 Å². The summed E-state index contributed by atoms with van der Waals surface area (Å²) in [4.78, 5) is 25.1. The maximum Gasteiger partial charge on any atom is 0.314 e. The summed E-state index contributed by atoms with van der Waals surface area (Å²) in [6.45, 7) is 0. The van der Waals surface area contributed by atoms with Crippen LogP contribution < -0.4 is 5.73 Å². The van der Waals surface area contributed by atoms with Gasteiger partial charge in [0.2, 0.25) is 5.82 Å². The number of pyridine rings is 1. The van der Waals surface area contributed by atoms with E-state index in [-0.39, 0.29) is 17.2 Å². The Morgan fingerprint density at radius 3 is 2.83 bits per heavy atom. The fourth-order valence-corrected chi connectivity index (χ4v) is 1.62. The van der Waals surface area contributed by atoms with Gasteiger partial charge in [-0.15, -0.1) is 0 Å². The predicted molar refractivity (Wildman–Crippen MR) is 64.2 cm³/mol. The number of hydrogen-bond acceptors (Lipinski definition) is 5. The molecular weight excluding hydrogens is 306 g/mol. The average molecular weight is 312 g/mol. The summed E-state index contributed by atoms with van der Waals surface area (Å²) in [5.41, 5.74) is 4.83. The molecule has 92 valence electrons. The molecule has 2 heterocycles. The van der Waals surface area contributed by atoms with Crippen molar-refractivity contribution in [2.75, 3.05) is 0 Å². The topological polar surface area (TPSA) is 117 Å². The molecule has 0 aliphatic carbocycles. The van der Waals surface area contributed by atoms with Crippen LogP contribution in [0.1, 0.15) is 10.5 Å². The molecule has 0 aliphatic rings. The number of carbonyl (C=O) groups is 1. The highest BCUT2D eigenvalue weighted by Crippen LogP contribution is 2.23. The zero-order chi connectivity index (χ0) is 13.3. The predicted octanol–water partition coefficient (Wildman–Crippen LogP) is 1.04. The number of aromatic nitrogens is 3. The van der Waals surface area contributed by atoms with Crippen molar-refractivity contribution in [1.29, 1.82) is 0 Å². The molecule has 2 rings (SSSR count). The Hall–Kier alpha value is -2.29. The minimum absolute atomic E-state index is 0.00835. The molecule has 8 nitrogen and oxygen atoms in total. The van der Waals surface area contributed by atoms with E-state index >= 15 is 0 Å². The molecule has 0 atom stereocenters. The second-order valence-electron chi connectivity index (χ2n) is 3.26. The fourth-order valence-electron chi connectivity index (χ4n) is 1.31. The molecule has 9 heteroatoms. The summed E-state index contributed by atoms with van der Waals surface area (Å²) in [7, 11) is 0. The van der Waals surface area contributed by atoms with E-state index in [1.54, 1.807) is 0 Å². The van der Waals surface area contributed by atoms with Crippen molar-refractivity contribution in [3.8, 4) is 5.82 Å². The normalized spacial score (nSPS) is 10.3. The number of primary amides is 1. The zero-order valence-corrected chi connectivity index (χ0v) is 10.4. The Balaban J connectivity index is 2.55. The zero-order valence-electron chi connectivity index (χ0n) is 8.78. The summed E-state index contributed by atoms with van der Waals surface area (Å²) in [6.07, 6.45) is 2.78. The Morgan fingerprint density at radius 2 is 2.28 bits per heavy atom. The van der Waals surface area contributed by atoms with Gasteiger partial charge in [-0.1, -0.05) is 0 Å². The van der Waals surface area contributed by atoms with E-state index in [9.17, 15) is 14.9 Å². The minimum atomic E-state index is -0.714. The highest BCUT2D eigenvalue weighted by molar-refractivity contribution is 9.10. The maximum atomic E-state index is 10.9. The molecule has 18 heavy (non-hydrogen) atoms. The summed E-state index contributed by atoms with van der Waals surface area (Å²) >= 11 is 3.09. The first-order valence-corrected chi connectivity index (χ1v) is 5.44. The van der Waals surface area contributed by atoms with Crippen molar-refractivity contribution < 1.29 is 9.72 Å². The molecule has 0 aliphatic heterocycles. The standard InChI is InChI=1S/C9H6BrN5O3/c10-5-3-7(15(17)18)9(12-4-5)14-2-1-6(13-14)8(11)16/h1-4H,(H2,11,16). The molecule has 0 radical (unpaired) electrons. The van der Waals surface area contributed by atoms with Crippen LogP contribution in [-0.4, -0.2) is 25.6 Å². The van der Waals surface area contributed by atoms with Crippen LogP contribution in [0.15, 0.2) is 29.0 Å². The maximum absolute atomic E-state index is 10.9. The van der Waals surface area contributed by atoms with Gasteiger partial charge in [-0.25, -0.2) is 9.67 Å². The lowest BCUT2D eigenvalue weighted by Gasteiger charge is -2.01. The molecule has 0 saturated heterocycles. The Labute approximate surface area is 109 Å². The lowest BCUT2D eigenvalue weighted by molar-refractivity contribution is -0.385. The van der Waals surface area contributed by atoms with E-state index in [2.05, 4.69) is 26.0 Å². The number of rotatable bonds is 3. The van der Waals surface area contributed by atoms with Crippen molar-refractivity contribution in [3.05, 3.63) is 44.8 Å². The van der Waals surface area contributed by atoms with Crippen LogP contribution in [0, 0.1) is 10.1 Å². The van der Waals surface area contributed by atoms with Crippen LogP contribution in [0.3, 0.4) is 0 Å². The molecule has 0 spiro atoms.